The highest BCUT2D eigenvalue weighted by molar-refractivity contribution is 5.90. The summed E-state index contributed by atoms with van der Waals surface area (Å²) in [6.45, 7) is 2.88. The predicted molar refractivity (Wildman–Crippen MR) is 128 cm³/mol. The van der Waals surface area contributed by atoms with Gasteiger partial charge in [-0.3, -0.25) is 14.2 Å². The zero-order valence-electron chi connectivity index (χ0n) is 20.1. The van der Waals surface area contributed by atoms with Crippen molar-refractivity contribution >= 4 is 28.7 Å². The van der Waals surface area contributed by atoms with Gasteiger partial charge in [-0.05, 0) is 18.6 Å². The van der Waals surface area contributed by atoms with E-state index in [2.05, 4.69) is 15.0 Å². The summed E-state index contributed by atoms with van der Waals surface area (Å²) in [5.41, 5.74) is 0.937. The second-order valence-corrected chi connectivity index (χ2v) is 9.52. The van der Waals surface area contributed by atoms with E-state index in [1.165, 1.54) is 10.6 Å². The Morgan fingerprint density at radius 3 is 2.62 bits per heavy atom. The molecule has 1 aliphatic carbocycles. The molecule has 1 aromatic carbocycles. The zero-order chi connectivity index (χ0) is 25.5. The fourth-order valence-electron chi connectivity index (χ4n) is 5.06. The molecule has 3 fully saturated rings. The number of nitrogens with zero attached hydrogens (tertiary/aromatic N) is 6. The smallest absolute Gasteiger partial charge is 0.296 e. The molecule has 3 aromatic rings. The van der Waals surface area contributed by atoms with Gasteiger partial charge in [-0.1, -0.05) is 12.1 Å². The molecule has 1 amide bonds. The van der Waals surface area contributed by atoms with Crippen LogP contribution in [0.3, 0.4) is 0 Å². The van der Waals surface area contributed by atoms with E-state index in [0.29, 0.717) is 75.6 Å². The van der Waals surface area contributed by atoms with E-state index in [9.17, 15) is 18.4 Å². The minimum atomic E-state index is -2.81. The average Bonchev–Trinajstić information content (AvgIpc) is 3.50. The van der Waals surface area contributed by atoms with E-state index in [1.807, 2.05) is 4.90 Å². The molecule has 4 heterocycles. The van der Waals surface area contributed by atoms with Crippen molar-refractivity contribution in [1.29, 1.82) is 0 Å². The predicted octanol–water partition coefficient (Wildman–Crippen LogP) is 2.55. The molecule has 0 radical (unpaired) electrons. The van der Waals surface area contributed by atoms with Crippen LogP contribution in [0.25, 0.3) is 16.9 Å². The lowest BCUT2D eigenvalue weighted by atomic mass is 10.0. The van der Waals surface area contributed by atoms with Crippen LogP contribution in [0.5, 0.6) is 5.88 Å². The van der Waals surface area contributed by atoms with Crippen LogP contribution in [0.1, 0.15) is 31.5 Å². The molecule has 0 bridgehead atoms. The molecule has 2 aromatic heterocycles. The monoisotopic (exact) mass is 512 g/mol. The summed E-state index contributed by atoms with van der Waals surface area (Å²) >= 11 is 0. The van der Waals surface area contributed by atoms with Crippen LogP contribution in [-0.2, 0) is 14.3 Å². The number of Topliss-reactive ketones (excluding diaryl/α,β-unsaturated/α-hetero) is 1. The van der Waals surface area contributed by atoms with Crippen LogP contribution in [0, 0.1) is 5.92 Å². The molecule has 10 nitrogen and oxygen atoms in total. The van der Waals surface area contributed by atoms with Crippen LogP contribution in [0.2, 0.25) is 0 Å². The van der Waals surface area contributed by atoms with Crippen molar-refractivity contribution in [1.82, 2.24) is 24.4 Å². The Morgan fingerprint density at radius 1 is 1.11 bits per heavy atom. The van der Waals surface area contributed by atoms with E-state index >= 15 is 0 Å². The first-order chi connectivity index (χ1) is 18.0. The van der Waals surface area contributed by atoms with E-state index in [0.717, 1.165) is 0 Å². The van der Waals surface area contributed by atoms with Crippen molar-refractivity contribution in [2.24, 2.45) is 5.92 Å². The zero-order valence-corrected chi connectivity index (χ0v) is 20.1. The molecule has 1 saturated carbocycles. The summed E-state index contributed by atoms with van der Waals surface area (Å²) < 4.78 is 40.9. The number of hydrogen-bond acceptors (Lipinski definition) is 8. The van der Waals surface area contributed by atoms with E-state index in [1.54, 1.807) is 29.2 Å². The maximum absolute atomic E-state index is 14.0. The summed E-state index contributed by atoms with van der Waals surface area (Å²) in [6, 6.07) is 8.43. The molecule has 0 unspecified atom stereocenters. The summed E-state index contributed by atoms with van der Waals surface area (Å²) in [4.78, 5) is 41.2. The van der Waals surface area contributed by atoms with Crippen molar-refractivity contribution in [2.45, 2.75) is 31.8 Å². The van der Waals surface area contributed by atoms with E-state index in [4.69, 9.17) is 9.47 Å². The lowest BCUT2D eigenvalue weighted by Crippen LogP contribution is -2.57. The maximum atomic E-state index is 14.0. The Labute approximate surface area is 211 Å². The second kappa shape index (κ2) is 9.66. The fourth-order valence-corrected chi connectivity index (χ4v) is 5.06. The molecule has 0 N–H and O–H groups in total. The number of rotatable bonds is 6. The molecule has 6 rings (SSSR count). The van der Waals surface area contributed by atoms with Gasteiger partial charge in [-0.25, -0.2) is 13.8 Å². The van der Waals surface area contributed by atoms with Crippen LogP contribution in [0.4, 0.5) is 14.7 Å². The number of alkyl halides is 2. The van der Waals surface area contributed by atoms with Crippen LogP contribution < -0.4 is 9.64 Å². The highest BCUT2D eigenvalue weighted by Gasteiger charge is 2.39. The first-order valence-corrected chi connectivity index (χ1v) is 12.4. The first-order valence-electron chi connectivity index (χ1n) is 12.4. The summed E-state index contributed by atoms with van der Waals surface area (Å²) in [7, 11) is 0. The highest BCUT2D eigenvalue weighted by atomic mass is 19.3. The Morgan fingerprint density at radius 2 is 1.89 bits per heavy atom. The van der Waals surface area contributed by atoms with Gasteiger partial charge < -0.3 is 19.3 Å². The van der Waals surface area contributed by atoms with Gasteiger partial charge in [0.2, 0.25) is 17.7 Å². The van der Waals surface area contributed by atoms with Crippen molar-refractivity contribution in [3.8, 4) is 11.7 Å². The second-order valence-electron chi connectivity index (χ2n) is 9.52. The molecule has 2 saturated heterocycles. The number of anilines is 1. The number of hydrogen-bond donors (Lipinski definition) is 0. The molecule has 12 heteroatoms. The minimum Gasteiger partial charge on any atom is -0.470 e. The Kier molecular flexibility index (Phi) is 6.19. The van der Waals surface area contributed by atoms with Gasteiger partial charge in [0, 0.05) is 37.9 Å². The van der Waals surface area contributed by atoms with Gasteiger partial charge in [0.1, 0.15) is 17.7 Å². The number of morpholine rings is 1. The number of ketones is 1. The minimum absolute atomic E-state index is 0.0189. The lowest BCUT2D eigenvalue weighted by Gasteiger charge is -2.40. The number of benzene rings is 1. The summed E-state index contributed by atoms with van der Waals surface area (Å²) in [5, 5.41) is 0. The van der Waals surface area contributed by atoms with Gasteiger partial charge in [-0.15, -0.1) is 0 Å². The number of imidazole rings is 1. The van der Waals surface area contributed by atoms with E-state index in [-0.39, 0.29) is 35.4 Å². The number of likely N-dealkylation sites (tertiary alicyclic amines) is 1. The SMILES string of the molecule is O=C1CC[C@@H](C(=O)N2CC(Oc3cc(-n4c(C(F)F)nc5ccccc54)nc(N4CCOCC4)n3)C2)C1. The third-order valence-electron chi connectivity index (χ3n) is 7.02. The van der Waals surface area contributed by atoms with Crippen molar-refractivity contribution < 1.29 is 27.8 Å². The number of para-hydroxylation sites is 2. The normalized spacial score (nSPS) is 20.6. The van der Waals surface area contributed by atoms with Crippen molar-refractivity contribution in [2.75, 3.05) is 44.3 Å². The van der Waals surface area contributed by atoms with Crippen LogP contribution in [0.15, 0.2) is 30.3 Å². The average molecular weight is 513 g/mol. The number of amides is 1. The van der Waals surface area contributed by atoms with Gasteiger partial charge in [0.05, 0.1) is 37.3 Å². The third kappa shape index (κ3) is 4.61. The first kappa shape index (κ1) is 23.7. The number of aromatic nitrogens is 4. The number of carbonyl (C=O) groups excluding carboxylic acids is 2. The number of carbonyl (C=O) groups is 2. The third-order valence-corrected chi connectivity index (χ3v) is 7.02. The summed E-state index contributed by atoms with van der Waals surface area (Å²) in [5.74, 6) is 0.274. The lowest BCUT2D eigenvalue weighted by molar-refractivity contribution is -0.144. The van der Waals surface area contributed by atoms with Crippen molar-refractivity contribution in [3.63, 3.8) is 0 Å². The molecule has 194 valence electrons. The molecule has 37 heavy (non-hydrogen) atoms. The van der Waals surface area contributed by atoms with Gasteiger partial charge in [-0.2, -0.15) is 9.97 Å². The molecular weight excluding hydrogens is 486 g/mol. The number of halogens is 2. The molecule has 1 atom stereocenters. The molecular formula is C25H26F2N6O4. The van der Waals surface area contributed by atoms with Gasteiger partial charge in [0.25, 0.3) is 6.43 Å². The molecule has 0 spiro atoms. The molecule has 3 aliphatic rings. The Hall–Kier alpha value is -3.67. The molecule has 2 aliphatic heterocycles. The Balaban J connectivity index is 1.29. The van der Waals surface area contributed by atoms with Crippen LogP contribution >= 0.6 is 0 Å². The standard InChI is InChI=1S/C25H26F2N6O4/c26-22(27)23-28-18-3-1-2-4-19(18)33(23)20-12-21(30-25(29-20)31-7-9-36-10-8-31)37-17-13-32(14-17)24(35)15-5-6-16(34)11-15/h1-4,12,15,17,22H,5-11,13-14H2/t15-/m1/s1. The fraction of sp³-hybridized carbons (Fsp3) is 0.480. The quantitative estimate of drug-likeness (QED) is 0.497. The largest absolute Gasteiger partial charge is 0.470 e. The van der Waals surface area contributed by atoms with E-state index < -0.39 is 12.2 Å². The summed E-state index contributed by atoms with van der Waals surface area (Å²) in [6.07, 6.45) is -1.74. The number of ether oxygens (including phenoxy) is 2. The highest BCUT2D eigenvalue weighted by Crippen LogP contribution is 2.31. The Bertz CT molecular complexity index is 1340. The number of fused-ring (bicyclic) bond motifs is 1. The van der Waals surface area contributed by atoms with Crippen LogP contribution in [-0.4, -0.2) is 81.6 Å². The van der Waals surface area contributed by atoms with Gasteiger partial charge in [0.15, 0.2) is 5.82 Å². The maximum Gasteiger partial charge on any atom is 0.296 e. The van der Waals surface area contributed by atoms with Crippen molar-refractivity contribution in [3.05, 3.63) is 36.2 Å². The topological polar surface area (TPSA) is 103 Å². The van der Waals surface area contributed by atoms with Gasteiger partial charge >= 0.3 is 0 Å².